The van der Waals surface area contributed by atoms with Crippen molar-refractivity contribution in [3.05, 3.63) is 18.7 Å². The quantitative estimate of drug-likeness (QED) is 0.616. The van der Waals surface area contributed by atoms with Gasteiger partial charge in [-0.15, -0.1) is 0 Å². The average molecular weight is 157 g/mol. The zero-order valence-corrected chi connectivity index (χ0v) is 7.01. The lowest BCUT2D eigenvalue weighted by Crippen LogP contribution is -2.09. The predicted octanol–water partition coefficient (Wildman–Crippen LogP) is 1.25. The van der Waals surface area contributed by atoms with Crippen LogP contribution in [0.4, 0.5) is 0 Å². The second-order valence-corrected chi connectivity index (χ2v) is 3.16. The Kier molecular flexibility index (Phi) is 2.77. The Bertz CT molecular complexity index is 173. The summed E-state index contributed by atoms with van der Waals surface area (Å²) >= 11 is 1.64. The van der Waals surface area contributed by atoms with Crippen molar-refractivity contribution in [3.8, 4) is 0 Å². The van der Waals surface area contributed by atoms with Gasteiger partial charge in [-0.3, -0.25) is 3.97 Å². The summed E-state index contributed by atoms with van der Waals surface area (Å²) in [5.74, 6) is 0. The molecule has 1 rings (SSSR count). The van der Waals surface area contributed by atoms with Crippen molar-refractivity contribution in [3.63, 3.8) is 0 Å². The normalized spacial score (nSPS) is 10.7. The average Bonchev–Trinajstić information content (AvgIpc) is 2.40. The van der Waals surface area contributed by atoms with E-state index in [2.05, 4.69) is 16.2 Å². The number of rotatable bonds is 3. The monoisotopic (exact) mass is 157 g/mol. The molecule has 0 atom stereocenters. The Labute approximate surface area is 65.3 Å². The van der Waals surface area contributed by atoms with E-state index in [-0.39, 0.29) is 0 Å². The highest BCUT2D eigenvalue weighted by Gasteiger charge is 1.94. The number of aromatic nitrogens is 2. The Morgan fingerprint density at radius 1 is 1.70 bits per heavy atom. The molecule has 0 saturated heterocycles. The summed E-state index contributed by atoms with van der Waals surface area (Å²) in [4.78, 5) is 3.92. The molecule has 0 aliphatic carbocycles. The van der Waals surface area contributed by atoms with Crippen molar-refractivity contribution in [2.75, 3.05) is 13.6 Å². The molecule has 10 heavy (non-hydrogen) atoms. The van der Waals surface area contributed by atoms with E-state index in [1.807, 2.05) is 17.2 Å². The van der Waals surface area contributed by atoms with E-state index >= 15 is 0 Å². The summed E-state index contributed by atoms with van der Waals surface area (Å²) in [5, 5.41) is 0. The first-order chi connectivity index (χ1) is 4.83. The maximum absolute atomic E-state index is 3.92. The molecular weight excluding hydrogens is 146 g/mol. The van der Waals surface area contributed by atoms with Gasteiger partial charge >= 0.3 is 0 Å². The van der Waals surface area contributed by atoms with Crippen molar-refractivity contribution in [1.82, 2.24) is 13.3 Å². The SMILES string of the molecule is CCN(C)Sn1ccnc1. The van der Waals surface area contributed by atoms with E-state index in [0.717, 1.165) is 6.54 Å². The van der Waals surface area contributed by atoms with Crippen molar-refractivity contribution < 1.29 is 0 Å². The second kappa shape index (κ2) is 3.63. The van der Waals surface area contributed by atoms with Crippen LogP contribution >= 0.6 is 12.1 Å². The van der Waals surface area contributed by atoms with Crippen molar-refractivity contribution >= 4 is 12.1 Å². The molecule has 0 aromatic carbocycles. The molecule has 1 aromatic rings. The van der Waals surface area contributed by atoms with Gasteiger partial charge in [-0.1, -0.05) is 6.92 Å². The Balaban J connectivity index is 2.40. The largest absolute Gasteiger partial charge is 0.267 e. The minimum atomic E-state index is 1.03. The molecule has 3 nitrogen and oxygen atoms in total. The molecule has 0 amide bonds. The van der Waals surface area contributed by atoms with Crippen molar-refractivity contribution in [2.24, 2.45) is 0 Å². The zero-order chi connectivity index (χ0) is 7.40. The number of hydrogen-bond donors (Lipinski definition) is 0. The van der Waals surface area contributed by atoms with E-state index in [1.54, 1.807) is 24.7 Å². The van der Waals surface area contributed by atoms with Gasteiger partial charge in [0.2, 0.25) is 0 Å². The molecule has 56 valence electrons. The highest BCUT2D eigenvalue weighted by atomic mass is 32.2. The molecule has 0 aliphatic rings. The lowest BCUT2D eigenvalue weighted by Gasteiger charge is -2.10. The van der Waals surface area contributed by atoms with E-state index in [4.69, 9.17) is 0 Å². The second-order valence-electron chi connectivity index (χ2n) is 1.95. The summed E-state index contributed by atoms with van der Waals surface area (Å²) in [7, 11) is 2.05. The van der Waals surface area contributed by atoms with Crippen LogP contribution in [0.3, 0.4) is 0 Å². The fourth-order valence-corrected chi connectivity index (χ4v) is 1.16. The van der Waals surface area contributed by atoms with Crippen LogP contribution in [0, 0.1) is 0 Å². The summed E-state index contributed by atoms with van der Waals surface area (Å²) < 4.78 is 4.09. The Hall–Kier alpha value is -0.480. The van der Waals surface area contributed by atoms with Crippen LogP contribution in [-0.4, -0.2) is 26.9 Å². The third-order valence-corrected chi connectivity index (χ3v) is 2.10. The van der Waals surface area contributed by atoms with Crippen LogP contribution in [0.1, 0.15) is 6.92 Å². The topological polar surface area (TPSA) is 21.1 Å². The molecule has 1 heterocycles. The lowest BCUT2D eigenvalue weighted by molar-refractivity contribution is 0.598. The minimum Gasteiger partial charge on any atom is -0.267 e. The number of imidazole rings is 1. The van der Waals surface area contributed by atoms with Gasteiger partial charge in [-0.05, 0) is 7.05 Å². The van der Waals surface area contributed by atoms with Gasteiger partial charge in [0.15, 0.2) is 0 Å². The van der Waals surface area contributed by atoms with E-state index in [0.29, 0.717) is 0 Å². The van der Waals surface area contributed by atoms with Gasteiger partial charge in [0.1, 0.15) is 6.33 Å². The molecule has 0 aliphatic heterocycles. The van der Waals surface area contributed by atoms with Crippen molar-refractivity contribution in [2.45, 2.75) is 6.92 Å². The highest BCUT2D eigenvalue weighted by molar-refractivity contribution is 7.95. The van der Waals surface area contributed by atoms with Gasteiger partial charge in [0.25, 0.3) is 0 Å². The third-order valence-electron chi connectivity index (χ3n) is 1.16. The summed E-state index contributed by atoms with van der Waals surface area (Å²) in [6.07, 6.45) is 5.49. The van der Waals surface area contributed by atoms with Gasteiger partial charge < -0.3 is 0 Å². The van der Waals surface area contributed by atoms with Gasteiger partial charge in [-0.25, -0.2) is 9.29 Å². The predicted molar refractivity (Wildman–Crippen MR) is 43.5 cm³/mol. The van der Waals surface area contributed by atoms with Gasteiger partial charge in [0.05, 0.1) is 0 Å². The molecule has 0 radical (unpaired) electrons. The highest BCUT2D eigenvalue weighted by Crippen LogP contribution is 2.07. The van der Waals surface area contributed by atoms with E-state index in [9.17, 15) is 0 Å². The fourth-order valence-electron chi connectivity index (χ4n) is 0.514. The van der Waals surface area contributed by atoms with Crippen LogP contribution in [0.25, 0.3) is 0 Å². The zero-order valence-electron chi connectivity index (χ0n) is 6.19. The van der Waals surface area contributed by atoms with Crippen molar-refractivity contribution in [1.29, 1.82) is 0 Å². The summed E-state index contributed by atoms with van der Waals surface area (Å²) in [6, 6.07) is 0. The molecule has 1 aromatic heterocycles. The first-order valence-electron chi connectivity index (χ1n) is 3.20. The van der Waals surface area contributed by atoms with Crippen LogP contribution in [-0.2, 0) is 0 Å². The maximum Gasteiger partial charge on any atom is 0.106 e. The molecule has 0 unspecified atom stereocenters. The minimum absolute atomic E-state index is 1.03. The molecular formula is C6H11N3S. The van der Waals surface area contributed by atoms with Gasteiger partial charge in [-0.2, -0.15) is 0 Å². The standard InChI is InChI=1S/C6H11N3S/c1-3-8(2)10-9-5-4-7-6-9/h4-6H,3H2,1-2H3. The molecule has 0 saturated carbocycles. The Morgan fingerprint density at radius 2 is 2.50 bits per heavy atom. The smallest absolute Gasteiger partial charge is 0.106 e. The summed E-state index contributed by atoms with van der Waals surface area (Å²) in [6.45, 7) is 3.15. The molecule has 0 fully saturated rings. The Morgan fingerprint density at radius 3 is 3.00 bits per heavy atom. The molecule has 0 N–H and O–H groups in total. The number of nitrogens with zero attached hydrogens (tertiary/aromatic N) is 3. The van der Waals surface area contributed by atoms with Crippen LogP contribution in [0.2, 0.25) is 0 Å². The van der Waals surface area contributed by atoms with Crippen LogP contribution in [0.5, 0.6) is 0 Å². The molecule has 0 bridgehead atoms. The molecule has 4 heteroatoms. The van der Waals surface area contributed by atoms with Crippen LogP contribution in [0.15, 0.2) is 18.7 Å². The lowest BCUT2D eigenvalue weighted by atomic mass is 10.8. The van der Waals surface area contributed by atoms with Crippen LogP contribution < -0.4 is 0 Å². The maximum atomic E-state index is 3.92. The summed E-state index contributed by atoms with van der Waals surface area (Å²) in [5.41, 5.74) is 0. The fraction of sp³-hybridized carbons (Fsp3) is 0.500. The molecule has 0 spiro atoms. The van der Waals surface area contributed by atoms with Gasteiger partial charge in [0, 0.05) is 31.1 Å². The first-order valence-corrected chi connectivity index (χ1v) is 3.93. The third kappa shape index (κ3) is 2.04. The number of hydrogen-bond acceptors (Lipinski definition) is 3. The first kappa shape index (κ1) is 7.63. The van der Waals surface area contributed by atoms with E-state index < -0.39 is 0 Å². The van der Waals surface area contributed by atoms with E-state index in [1.165, 1.54) is 0 Å².